The first-order valence-electron chi connectivity index (χ1n) is 4.79. The molecule has 0 aliphatic carbocycles. The maximum absolute atomic E-state index is 12.8. The molecule has 0 amide bonds. The minimum absolute atomic E-state index is 0.0612. The number of ether oxygens (including phenoxy) is 1. The van der Waals surface area contributed by atoms with Crippen molar-refractivity contribution in [1.82, 2.24) is 0 Å². The Morgan fingerprint density at radius 2 is 2.07 bits per heavy atom. The number of halogens is 2. The van der Waals surface area contributed by atoms with Crippen molar-refractivity contribution in [1.29, 1.82) is 0 Å². The van der Waals surface area contributed by atoms with Crippen LogP contribution in [0.3, 0.4) is 0 Å². The number of benzene rings is 1. The molecule has 1 rings (SSSR count). The van der Waals surface area contributed by atoms with Crippen LogP contribution in [0.4, 0.5) is 10.1 Å². The zero-order valence-electron chi connectivity index (χ0n) is 9.05. The highest BCUT2D eigenvalue weighted by atomic mass is 35.5. The van der Waals surface area contributed by atoms with Crippen LogP contribution in [0, 0.1) is 5.82 Å². The van der Waals surface area contributed by atoms with Crippen molar-refractivity contribution in [3.8, 4) is 0 Å². The first-order chi connectivity index (χ1) is 7.04. The lowest BCUT2D eigenvalue weighted by molar-refractivity contribution is 0.106. The smallest absolute Gasteiger partial charge is 0.124 e. The highest BCUT2D eigenvalue weighted by Gasteiger charge is 2.12. The Labute approximate surface area is 94.4 Å². The second-order valence-corrected chi connectivity index (χ2v) is 3.91. The lowest BCUT2D eigenvalue weighted by Gasteiger charge is -2.21. The number of methoxy groups -OCH3 is 1. The molecular weight excluding hydrogens is 217 g/mol. The van der Waals surface area contributed by atoms with E-state index in [2.05, 4.69) is 5.32 Å². The van der Waals surface area contributed by atoms with Crippen LogP contribution in [-0.4, -0.2) is 19.3 Å². The molecule has 0 saturated heterocycles. The number of nitrogens with one attached hydrogen (secondary N) is 1. The maximum atomic E-state index is 12.8. The van der Waals surface area contributed by atoms with E-state index >= 15 is 0 Å². The predicted octanol–water partition coefficient (Wildman–Crippen LogP) is 3.31. The Hall–Kier alpha value is -0.800. The fourth-order valence-corrected chi connectivity index (χ4v) is 1.40. The topological polar surface area (TPSA) is 21.3 Å². The number of rotatable bonds is 4. The van der Waals surface area contributed by atoms with Gasteiger partial charge < -0.3 is 10.1 Å². The molecule has 15 heavy (non-hydrogen) atoms. The summed E-state index contributed by atoms with van der Waals surface area (Å²) in [6, 6.07) is 4.39. The molecule has 0 aromatic heterocycles. The van der Waals surface area contributed by atoms with Crippen LogP contribution >= 0.6 is 11.6 Å². The Morgan fingerprint density at radius 1 is 1.40 bits per heavy atom. The Morgan fingerprint density at radius 3 is 2.60 bits per heavy atom. The van der Waals surface area contributed by atoms with E-state index < -0.39 is 0 Å². The van der Waals surface area contributed by atoms with E-state index in [9.17, 15) is 4.39 Å². The summed E-state index contributed by atoms with van der Waals surface area (Å²) in [4.78, 5) is 0. The maximum Gasteiger partial charge on any atom is 0.124 e. The number of hydrogen-bond donors (Lipinski definition) is 1. The first kappa shape index (κ1) is 12.3. The van der Waals surface area contributed by atoms with Gasteiger partial charge in [0.05, 0.1) is 16.8 Å². The Balaban J connectivity index is 2.72. The summed E-state index contributed by atoms with van der Waals surface area (Å²) in [5.41, 5.74) is 0.717. The summed E-state index contributed by atoms with van der Waals surface area (Å²) in [5, 5.41) is 3.54. The van der Waals surface area contributed by atoms with E-state index in [0.717, 1.165) is 5.69 Å². The number of anilines is 1. The molecule has 1 N–H and O–H groups in total. The third kappa shape index (κ3) is 3.36. The van der Waals surface area contributed by atoms with Crippen LogP contribution in [0.2, 0.25) is 5.02 Å². The van der Waals surface area contributed by atoms with Gasteiger partial charge in [-0.1, -0.05) is 11.6 Å². The van der Waals surface area contributed by atoms with Gasteiger partial charge in [-0.3, -0.25) is 0 Å². The summed E-state index contributed by atoms with van der Waals surface area (Å²) >= 11 is 5.88. The second kappa shape index (κ2) is 5.33. The molecule has 2 nitrogen and oxygen atoms in total. The lowest BCUT2D eigenvalue weighted by Crippen LogP contribution is -2.29. The van der Waals surface area contributed by atoms with Gasteiger partial charge >= 0.3 is 0 Å². The predicted molar refractivity (Wildman–Crippen MR) is 61.0 cm³/mol. The van der Waals surface area contributed by atoms with E-state index in [0.29, 0.717) is 5.02 Å². The van der Waals surface area contributed by atoms with Gasteiger partial charge in [0.25, 0.3) is 0 Å². The SMILES string of the molecule is COC(C)C(C)Nc1ccc(F)cc1Cl. The molecule has 1 aromatic rings. The average molecular weight is 232 g/mol. The van der Waals surface area contributed by atoms with Gasteiger partial charge in [-0.2, -0.15) is 0 Å². The second-order valence-electron chi connectivity index (χ2n) is 3.50. The van der Waals surface area contributed by atoms with Crippen LogP contribution in [0.5, 0.6) is 0 Å². The lowest BCUT2D eigenvalue weighted by atomic mass is 10.2. The molecule has 0 spiro atoms. The highest BCUT2D eigenvalue weighted by molar-refractivity contribution is 6.33. The van der Waals surface area contributed by atoms with E-state index in [1.54, 1.807) is 13.2 Å². The van der Waals surface area contributed by atoms with Crippen molar-refractivity contribution >= 4 is 17.3 Å². The molecule has 0 aliphatic heterocycles. The zero-order valence-corrected chi connectivity index (χ0v) is 9.81. The summed E-state index contributed by atoms with van der Waals surface area (Å²) in [6.45, 7) is 3.93. The van der Waals surface area contributed by atoms with Gasteiger partial charge in [-0.15, -0.1) is 0 Å². The Bertz CT molecular complexity index is 332. The minimum atomic E-state index is -0.335. The quantitative estimate of drug-likeness (QED) is 0.859. The summed E-state index contributed by atoms with van der Waals surface area (Å²) in [7, 11) is 1.65. The van der Waals surface area contributed by atoms with E-state index in [4.69, 9.17) is 16.3 Å². The van der Waals surface area contributed by atoms with Crippen LogP contribution in [-0.2, 0) is 4.74 Å². The molecule has 2 unspecified atom stereocenters. The van der Waals surface area contributed by atoms with Gasteiger partial charge in [-0.05, 0) is 32.0 Å². The zero-order chi connectivity index (χ0) is 11.4. The normalized spacial score (nSPS) is 14.7. The van der Waals surface area contributed by atoms with Crippen molar-refractivity contribution in [2.75, 3.05) is 12.4 Å². The summed E-state index contributed by atoms with van der Waals surface area (Å²) in [6.07, 6.45) is 0.0612. The standard InChI is InChI=1S/C11H15ClFNO/c1-7(8(2)15-3)14-11-5-4-9(13)6-10(11)12/h4-8,14H,1-3H3. The van der Waals surface area contributed by atoms with Crippen molar-refractivity contribution in [2.24, 2.45) is 0 Å². The van der Waals surface area contributed by atoms with Crippen molar-refractivity contribution in [2.45, 2.75) is 26.0 Å². The van der Waals surface area contributed by atoms with Gasteiger partial charge in [0.2, 0.25) is 0 Å². The van der Waals surface area contributed by atoms with Crippen LogP contribution in [0.25, 0.3) is 0 Å². The highest BCUT2D eigenvalue weighted by Crippen LogP contribution is 2.23. The molecule has 0 fully saturated rings. The van der Waals surface area contributed by atoms with Gasteiger partial charge in [0.15, 0.2) is 0 Å². The molecule has 0 saturated carbocycles. The molecule has 0 radical (unpaired) electrons. The van der Waals surface area contributed by atoms with Crippen LogP contribution in [0.15, 0.2) is 18.2 Å². The monoisotopic (exact) mass is 231 g/mol. The van der Waals surface area contributed by atoms with Gasteiger partial charge in [0, 0.05) is 13.2 Å². The average Bonchev–Trinajstić information content (AvgIpc) is 2.20. The van der Waals surface area contributed by atoms with Crippen molar-refractivity contribution < 1.29 is 9.13 Å². The molecule has 84 valence electrons. The van der Waals surface area contributed by atoms with E-state index in [1.807, 2.05) is 13.8 Å². The molecule has 0 aliphatic rings. The van der Waals surface area contributed by atoms with Crippen LogP contribution in [0.1, 0.15) is 13.8 Å². The molecule has 0 bridgehead atoms. The molecule has 4 heteroatoms. The summed E-state index contributed by atoms with van der Waals surface area (Å²) < 4.78 is 17.9. The molecule has 1 aromatic carbocycles. The largest absolute Gasteiger partial charge is 0.380 e. The van der Waals surface area contributed by atoms with Crippen molar-refractivity contribution in [3.05, 3.63) is 29.0 Å². The summed E-state index contributed by atoms with van der Waals surface area (Å²) in [5.74, 6) is -0.335. The molecular formula is C11H15ClFNO. The van der Waals surface area contributed by atoms with E-state index in [-0.39, 0.29) is 18.0 Å². The van der Waals surface area contributed by atoms with E-state index in [1.165, 1.54) is 12.1 Å². The van der Waals surface area contributed by atoms with Gasteiger partial charge in [0.1, 0.15) is 5.82 Å². The fourth-order valence-electron chi connectivity index (χ4n) is 1.17. The van der Waals surface area contributed by atoms with Gasteiger partial charge in [-0.25, -0.2) is 4.39 Å². The van der Waals surface area contributed by atoms with Crippen LogP contribution < -0.4 is 5.32 Å². The Kier molecular flexibility index (Phi) is 4.36. The number of hydrogen-bond acceptors (Lipinski definition) is 2. The molecule has 0 heterocycles. The molecule has 2 atom stereocenters. The first-order valence-corrected chi connectivity index (χ1v) is 5.16. The fraction of sp³-hybridized carbons (Fsp3) is 0.455. The third-order valence-corrected chi connectivity index (χ3v) is 2.70. The third-order valence-electron chi connectivity index (χ3n) is 2.39. The minimum Gasteiger partial charge on any atom is -0.380 e. The van der Waals surface area contributed by atoms with Crippen molar-refractivity contribution in [3.63, 3.8) is 0 Å².